The molecule has 0 radical (unpaired) electrons. The van der Waals surface area contributed by atoms with Crippen LogP contribution in [0.15, 0.2) is 52.9 Å². The molecule has 1 heterocycles. The van der Waals surface area contributed by atoms with E-state index in [1.165, 1.54) is 23.1 Å². The predicted molar refractivity (Wildman–Crippen MR) is 132 cm³/mol. The van der Waals surface area contributed by atoms with E-state index in [4.69, 9.17) is 9.47 Å². The molecular weight excluding hydrogens is 460 g/mol. The zero-order chi connectivity index (χ0) is 23.5. The van der Waals surface area contributed by atoms with E-state index in [0.717, 1.165) is 24.3 Å². The molecule has 10 heteroatoms. The summed E-state index contributed by atoms with van der Waals surface area (Å²) in [6.45, 7) is 5.27. The summed E-state index contributed by atoms with van der Waals surface area (Å²) < 4.78 is 11.6. The van der Waals surface area contributed by atoms with E-state index >= 15 is 0 Å². The van der Waals surface area contributed by atoms with Gasteiger partial charge in [0.1, 0.15) is 11.5 Å². The molecule has 2 amide bonds. The van der Waals surface area contributed by atoms with Gasteiger partial charge in [-0.15, -0.1) is 10.2 Å². The van der Waals surface area contributed by atoms with E-state index in [1.54, 1.807) is 48.5 Å². The van der Waals surface area contributed by atoms with E-state index in [9.17, 15) is 9.59 Å². The first-order chi connectivity index (χ1) is 16.1. The second kappa shape index (κ2) is 12.8. The minimum absolute atomic E-state index is 0.161. The highest BCUT2D eigenvalue weighted by molar-refractivity contribution is 8.01. The van der Waals surface area contributed by atoms with Crippen LogP contribution in [0.3, 0.4) is 0 Å². The monoisotopic (exact) mass is 486 g/mol. The molecule has 174 valence electrons. The Hall–Kier alpha value is -3.11. The Morgan fingerprint density at radius 2 is 1.64 bits per heavy atom. The summed E-state index contributed by atoms with van der Waals surface area (Å²) in [5.74, 6) is 1.22. The van der Waals surface area contributed by atoms with Gasteiger partial charge in [0.2, 0.25) is 11.0 Å². The number of hydrogen-bond acceptors (Lipinski definition) is 8. The second-order valence-corrected chi connectivity index (χ2v) is 9.05. The van der Waals surface area contributed by atoms with Crippen molar-refractivity contribution in [2.45, 2.75) is 31.0 Å². The number of nitrogens with zero attached hydrogens (tertiary/aromatic N) is 2. The molecule has 0 aliphatic heterocycles. The first-order valence-corrected chi connectivity index (χ1v) is 12.4. The van der Waals surface area contributed by atoms with E-state index in [-0.39, 0.29) is 17.6 Å². The zero-order valence-corrected chi connectivity index (χ0v) is 20.1. The maximum atomic E-state index is 12.4. The van der Waals surface area contributed by atoms with E-state index < -0.39 is 0 Å². The van der Waals surface area contributed by atoms with Crippen molar-refractivity contribution in [1.29, 1.82) is 0 Å². The van der Waals surface area contributed by atoms with Crippen molar-refractivity contribution < 1.29 is 19.1 Å². The molecule has 2 N–H and O–H groups in total. The van der Waals surface area contributed by atoms with Crippen LogP contribution in [0.4, 0.5) is 10.8 Å². The second-order valence-electron chi connectivity index (χ2n) is 6.85. The molecule has 0 aliphatic rings. The molecule has 33 heavy (non-hydrogen) atoms. The van der Waals surface area contributed by atoms with Crippen molar-refractivity contribution in [3.05, 3.63) is 54.1 Å². The van der Waals surface area contributed by atoms with Crippen LogP contribution in [0.1, 0.15) is 37.0 Å². The molecule has 8 nitrogen and oxygen atoms in total. The maximum absolute atomic E-state index is 12.4. The smallest absolute Gasteiger partial charge is 0.257 e. The van der Waals surface area contributed by atoms with Crippen LogP contribution in [0.25, 0.3) is 0 Å². The lowest BCUT2D eigenvalue weighted by molar-refractivity contribution is -0.113. The van der Waals surface area contributed by atoms with Gasteiger partial charge in [0.15, 0.2) is 4.34 Å². The number of amides is 2. The molecule has 3 rings (SSSR count). The summed E-state index contributed by atoms with van der Waals surface area (Å²) >= 11 is 2.47. The highest BCUT2D eigenvalue weighted by Gasteiger charge is 2.12. The van der Waals surface area contributed by atoms with Crippen molar-refractivity contribution in [2.24, 2.45) is 0 Å². The van der Waals surface area contributed by atoms with Crippen molar-refractivity contribution in [3.8, 4) is 11.5 Å². The molecule has 0 spiro atoms. The lowest BCUT2D eigenvalue weighted by Crippen LogP contribution is -2.13. The summed E-state index contributed by atoms with van der Waals surface area (Å²) in [6.07, 6.45) is 2.05. The normalized spacial score (nSPS) is 10.5. The number of aromatic nitrogens is 2. The third kappa shape index (κ3) is 8.07. The van der Waals surface area contributed by atoms with Gasteiger partial charge in [-0.1, -0.05) is 36.4 Å². The number of nitrogens with one attached hydrogen (secondary N) is 2. The van der Waals surface area contributed by atoms with E-state index in [2.05, 4.69) is 27.8 Å². The largest absolute Gasteiger partial charge is 0.494 e. The van der Waals surface area contributed by atoms with Gasteiger partial charge in [0, 0.05) is 11.3 Å². The molecule has 3 aromatic rings. The fourth-order valence-electron chi connectivity index (χ4n) is 2.65. The third-order valence-electron chi connectivity index (χ3n) is 4.29. The van der Waals surface area contributed by atoms with Crippen LogP contribution in [0, 0.1) is 0 Å². The molecule has 0 fully saturated rings. The Morgan fingerprint density at radius 3 is 2.33 bits per heavy atom. The summed E-state index contributed by atoms with van der Waals surface area (Å²) in [5.41, 5.74) is 1.19. The Labute approximate surface area is 201 Å². The van der Waals surface area contributed by atoms with Crippen LogP contribution in [-0.2, 0) is 4.79 Å². The number of benzene rings is 2. The molecule has 0 unspecified atom stereocenters. The number of rotatable bonds is 12. The molecule has 1 aromatic heterocycles. The zero-order valence-electron chi connectivity index (χ0n) is 18.5. The molecule has 0 saturated carbocycles. The van der Waals surface area contributed by atoms with Crippen LogP contribution < -0.4 is 20.1 Å². The van der Waals surface area contributed by atoms with Gasteiger partial charge in [-0.2, -0.15) is 0 Å². The van der Waals surface area contributed by atoms with Gasteiger partial charge in [0.05, 0.1) is 19.0 Å². The quantitative estimate of drug-likeness (QED) is 0.209. The van der Waals surface area contributed by atoms with Crippen molar-refractivity contribution in [2.75, 3.05) is 29.6 Å². The van der Waals surface area contributed by atoms with E-state index in [0.29, 0.717) is 33.9 Å². The maximum Gasteiger partial charge on any atom is 0.257 e. The molecule has 0 saturated heterocycles. The lowest BCUT2D eigenvalue weighted by atomic mass is 10.2. The van der Waals surface area contributed by atoms with E-state index in [1.807, 2.05) is 6.92 Å². The van der Waals surface area contributed by atoms with Gasteiger partial charge >= 0.3 is 0 Å². The Bertz CT molecular complexity index is 1040. The number of carbonyl (C=O) groups is 2. The van der Waals surface area contributed by atoms with Gasteiger partial charge in [-0.3, -0.25) is 14.9 Å². The molecule has 0 aliphatic carbocycles. The highest BCUT2D eigenvalue weighted by atomic mass is 32.2. The fourth-order valence-corrected chi connectivity index (χ4v) is 4.20. The number of ether oxygens (including phenoxy) is 2. The lowest BCUT2D eigenvalue weighted by Gasteiger charge is -2.06. The summed E-state index contributed by atoms with van der Waals surface area (Å²) in [5, 5.41) is 13.9. The topological polar surface area (TPSA) is 102 Å². The minimum Gasteiger partial charge on any atom is -0.494 e. The Kier molecular flexibility index (Phi) is 9.52. The number of hydrogen-bond donors (Lipinski definition) is 2. The van der Waals surface area contributed by atoms with Crippen LogP contribution >= 0.6 is 23.1 Å². The van der Waals surface area contributed by atoms with Crippen molar-refractivity contribution in [1.82, 2.24) is 10.2 Å². The number of carbonyl (C=O) groups excluding carboxylic acids is 2. The highest BCUT2D eigenvalue weighted by Crippen LogP contribution is 2.26. The average Bonchev–Trinajstić information content (AvgIpc) is 3.27. The number of anilines is 2. The van der Waals surface area contributed by atoms with Crippen molar-refractivity contribution >= 4 is 45.7 Å². The summed E-state index contributed by atoms with van der Waals surface area (Å²) in [6, 6.07) is 14.1. The van der Waals surface area contributed by atoms with Gasteiger partial charge in [-0.05, 0) is 61.9 Å². The van der Waals surface area contributed by atoms with Crippen molar-refractivity contribution in [3.63, 3.8) is 0 Å². The van der Waals surface area contributed by atoms with Gasteiger partial charge < -0.3 is 14.8 Å². The SMILES string of the molecule is CCCCOc1ccc(C(=O)Nc2nnc(SCC(=O)Nc3ccc(OCC)cc3)s2)cc1. The molecule has 2 aromatic carbocycles. The van der Waals surface area contributed by atoms with Crippen LogP contribution in [0.2, 0.25) is 0 Å². The minimum atomic E-state index is -0.281. The summed E-state index contributed by atoms with van der Waals surface area (Å²) in [4.78, 5) is 24.6. The standard InChI is InChI=1S/C23H26N4O4S2/c1-3-5-14-31-19-10-6-16(7-11-19)21(29)25-22-26-27-23(33-22)32-15-20(28)24-17-8-12-18(13-9-17)30-4-2/h6-13H,3-5,14-15H2,1-2H3,(H,24,28)(H,25,26,29). The Balaban J connectivity index is 1.44. The van der Waals surface area contributed by atoms with Crippen LogP contribution in [0.5, 0.6) is 11.5 Å². The number of thioether (sulfide) groups is 1. The first kappa shape index (κ1) is 24.5. The molecular formula is C23H26N4O4S2. The van der Waals surface area contributed by atoms with Crippen LogP contribution in [-0.4, -0.2) is 41.0 Å². The molecule has 0 atom stereocenters. The predicted octanol–water partition coefficient (Wildman–Crippen LogP) is 5.10. The molecule has 0 bridgehead atoms. The number of unbranched alkanes of at least 4 members (excludes halogenated alkanes) is 1. The van der Waals surface area contributed by atoms with Gasteiger partial charge in [-0.25, -0.2) is 0 Å². The Morgan fingerprint density at radius 1 is 0.939 bits per heavy atom. The van der Waals surface area contributed by atoms with Gasteiger partial charge in [0.25, 0.3) is 5.91 Å². The average molecular weight is 487 g/mol. The first-order valence-electron chi connectivity index (χ1n) is 10.6. The third-order valence-corrected chi connectivity index (χ3v) is 6.26. The summed E-state index contributed by atoms with van der Waals surface area (Å²) in [7, 11) is 0. The fraction of sp³-hybridized carbons (Fsp3) is 0.304.